The SMILES string of the molecule is Cc1cccc(C(=O)NCCC(=O)OCc2ccccc2C)c1. The molecule has 23 heavy (non-hydrogen) atoms. The van der Waals surface area contributed by atoms with Crippen LogP contribution in [0.15, 0.2) is 48.5 Å². The number of esters is 1. The Morgan fingerprint density at radius 3 is 2.57 bits per heavy atom. The van der Waals surface area contributed by atoms with Crippen LogP contribution in [0.25, 0.3) is 0 Å². The summed E-state index contributed by atoms with van der Waals surface area (Å²) in [6, 6.07) is 15.1. The van der Waals surface area contributed by atoms with Crippen LogP contribution in [0, 0.1) is 13.8 Å². The average molecular weight is 311 g/mol. The molecule has 0 saturated heterocycles. The fourth-order valence-electron chi connectivity index (χ4n) is 2.17. The zero-order valence-electron chi connectivity index (χ0n) is 13.5. The first-order valence-corrected chi connectivity index (χ1v) is 7.61. The lowest BCUT2D eigenvalue weighted by Gasteiger charge is -2.08. The van der Waals surface area contributed by atoms with Crippen LogP contribution in [0.5, 0.6) is 0 Å². The molecule has 0 heterocycles. The van der Waals surface area contributed by atoms with E-state index in [4.69, 9.17) is 4.74 Å². The third-order valence-corrected chi connectivity index (χ3v) is 3.54. The maximum absolute atomic E-state index is 11.9. The van der Waals surface area contributed by atoms with E-state index in [-0.39, 0.29) is 31.4 Å². The zero-order chi connectivity index (χ0) is 16.7. The van der Waals surface area contributed by atoms with Gasteiger partial charge in [0.25, 0.3) is 5.91 Å². The third kappa shape index (κ3) is 5.25. The summed E-state index contributed by atoms with van der Waals surface area (Å²) in [5, 5.41) is 2.73. The van der Waals surface area contributed by atoms with Crippen LogP contribution in [0.2, 0.25) is 0 Å². The van der Waals surface area contributed by atoms with Crippen LogP contribution < -0.4 is 5.32 Å². The van der Waals surface area contributed by atoms with E-state index in [1.54, 1.807) is 6.07 Å². The van der Waals surface area contributed by atoms with Crippen molar-refractivity contribution in [2.45, 2.75) is 26.9 Å². The van der Waals surface area contributed by atoms with E-state index >= 15 is 0 Å². The van der Waals surface area contributed by atoms with Gasteiger partial charge in [-0.2, -0.15) is 0 Å². The predicted octanol–water partition coefficient (Wildman–Crippen LogP) is 3.17. The number of ether oxygens (including phenoxy) is 1. The quantitative estimate of drug-likeness (QED) is 0.834. The molecule has 2 aromatic rings. The molecule has 120 valence electrons. The van der Waals surface area contributed by atoms with Crippen LogP contribution in [-0.4, -0.2) is 18.4 Å². The summed E-state index contributed by atoms with van der Waals surface area (Å²) in [5.41, 5.74) is 3.70. The summed E-state index contributed by atoms with van der Waals surface area (Å²) in [6.45, 7) is 4.43. The van der Waals surface area contributed by atoms with Gasteiger partial charge in [-0.1, -0.05) is 42.0 Å². The second-order valence-electron chi connectivity index (χ2n) is 5.46. The van der Waals surface area contributed by atoms with Crippen molar-refractivity contribution in [2.24, 2.45) is 0 Å². The Labute approximate surface area is 136 Å². The van der Waals surface area contributed by atoms with Gasteiger partial charge in [-0.15, -0.1) is 0 Å². The van der Waals surface area contributed by atoms with Gasteiger partial charge in [-0.25, -0.2) is 0 Å². The van der Waals surface area contributed by atoms with Crippen LogP contribution in [0.4, 0.5) is 0 Å². The Morgan fingerprint density at radius 1 is 1.04 bits per heavy atom. The summed E-state index contributed by atoms with van der Waals surface area (Å²) >= 11 is 0. The fraction of sp³-hybridized carbons (Fsp3) is 0.263. The second-order valence-corrected chi connectivity index (χ2v) is 5.46. The molecular weight excluding hydrogens is 290 g/mol. The molecule has 0 unspecified atom stereocenters. The minimum atomic E-state index is -0.321. The van der Waals surface area contributed by atoms with Crippen molar-refractivity contribution >= 4 is 11.9 Å². The first-order chi connectivity index (χ1) is 11.1. The Hall–Kier alpha value is -2.62. The third-order valence-electron chi connectivity index (χ3n) is 3.54. The number of benzene rings is 2. The van der Waals surface area contributed by atoms with Crippen molar-refractivity contribution < 1.29 is 14.3 Å². The Kier molecular flexibility index (Phi) is 5.92. The maximum Gasteiger partial charge on any atom is 0.307 e. The minimum absolute atomic E-state index is 0.156. The number of aryl methyl sites for hydroxylation is 2. The van der Waals surface area contributed by atoms with Gasteiger partial charge in [0, 0.05) is 12.1 Å². The van der Waals surface area contributed by atoms with Crippen molar-refractivity contribution in [3.05, 3.63) is 70.8 Å². The monoisotopic (exact) mass is 311 g/mol. The van der Waals surface area contributed by atoms with Gasteiger partial charge in [0.1, 0.15) is 6.61 Å². The van der Waals surface area contributed by atoms with E-state index in [0.29, 0.717) is 5.56 Å². The van der Waals surface area contributed by atoms with E-state index < -0.39 is 0 Å². The number of rotatable bonds is 6. The van der Waals surface area contributed by atoms with Gasteiger partial charge >= 0.3 is 5.97 Å². The molecule has 1 amide bonds. The Balaban J connectivity index is 1.72. The van der Waals surface area contributed by atoms with Crippen molar-refractivity contribution in [1.29, 1.82) is 0 Å². The molecule has 4 heteroatoms. The molecule has 0 atom stereocenters. The Morgan fingerprint density at radius 2 is 1.83 bits per heavy atom. The zero-order valence-corrected chi connectivity index (χ0v) is 13.5. The molecular formula is C19H21NO3. The molecule has 0 spiro atoms. The van der Waals surface area contributed by atoms with Crippen molar-refractivity contribution in [3.63, 3.8) is 0 Å². The molecule has 1 N–H and O–H groups in total. The van der Waals surface area contributed by atoms with E-state index in [1.165, 1.54) is 0 Å². The summed E-state index contributed by atoms with van der Waals surface area (Å²) in [4.78, 5) is 23.7. The van der Waals surface area contributed by atoms with Crippen molar-refractivity contribution in [3.8, 4) is 0 Å². The minimum Gasteiger partial charge on any atom is -0.461 e. The summed E-state index contributed by atoms with van der Waals surface area (Å²) in [5.74, 6) is -0.502. The predicted molar refractivity (Wildman–Crippen MR) is 89.1 cm³/mol. The highest BCUT2D eigenvalue weighted by molar-refractivity contribution is 5.94. The first kappa shape index (κ1) is 16.7. The number of hydrogen-bond donors (Lipinski definition) is 1. The van der Waals surface area contributed by atoms with E-state index in [0.717, 1.165) is 16.7 Å². The van der Waals surface area contributed by atoms with E-state index in [9.17, 15) is 9.59 Å². The van der Waals surface area contributed by atoms with E-state index in [1.807, 2.05) is 56.3 Å². The number of carbonyl (C=O) groups excluding carboxylic acids is 2. The number of carbonyl (C=O) groups is 2. The summed E-state index contributed by atoms with van der Waals surface area (Å²) in [6.07, 6.45) is 0.156. The van der Waals surface area contributed by atoms with Gasteiger partial charge in [-0.3, -0.25) is 9.59 Å². The van der Waals surface area contributed by atoms with Crippen LogP contribution in [0.3, 0.4) is 0 Å². The lowest BCUT2D eigenvalue weighted by molar-refractivity contribution is -0.144. The first-order valence-electron chi connectivity index (χ1n) is 7.61. The highest BCUT2D eigenvalue weighted by Gasteiger charge is 2.08. The molecule has 2 rings (SSSR count). The van der Waals surface area contributed by atoms with Crippen LogP contribution in [-0.2, 0) is 16.1 Å². The molecule has 0 aliphatic heterocycles. The van der Waals surface area contributed by atoms with Crippen LogP contribution in [0.1, 0.15) is 33.5 Å². The Bertz CT molecular complexity index is 695. The number of hydrogen-bond acceptors (Lipinski definition) is 3. The lowest BCUT2D eigenvalue weighted by Crippen LogP contribution is -2.26. The molecule has 0 radical (unpaired) electrons. The molecule has 2 aromatic carbocycles. The number of nitrogens with one attached hydrogen (secondary N) is 1. The molecule has 0 fully saturated rings. The van der Waals surface area contributed by atoms with Gasteiger partial charge in [0.2, 0.25) is 0 Å². The van der Waals surface area contributed by atoms with Crippen molar-refractivity contribution in [1.82, 2.24) is 5.32 Å². The van der Waals surface area contributed by atoms with E-state index in [2.05, 4.69) is 5.32 Å². The average Bonchev–Trinajstić information content (AvgIpc) is 2.54. The highest BCUT2D eigenvalue weighted by atomic mass is 16.5. The molecule has 0 aliphatic rings. The van der Waals surface area contributed by atoms with Crippen LogP contribution >= 0.6 is 0 Å². The second kappa shape index (κ2) is 8.13. The van der Waals surface area contributed by atoms with Gasteiger partial charge < -0.3 is 10.1 Å². The number of amides is 1. The van der Waals surface area contributed by atoms with Crippen molar-refractivity contribution in [2.75, 3.05) is 6.54 Å². The molecule has 0 aromatic heterocycles. The largest absolute Gasteiger partial charge is 0.461 e. The summed E-state index contributed by atoms with van der Waals surface area (Å²) in [7, 11) is 0. The van der Waals surface area contributed by atoms with Gasteiger partial charge in [0.05, 0.1) is 6.42 Å². The topological polar surface area (TPSA) is 55.4 Å². The molecule has 0 saturated carbocycles. The van der Waals surface area contributed by atoms with Gasteiger partial charge in [0.15, 0.2) is 0 Å². The standard InChI is InChI=1S/C19H21NO3/c1-14-6-5-9-16(12-14)19(22)20-11-10-18(21)23-13-17-8-4-3-7-15(17)2/h3-9,12H,10-11,13H2,1-2H3,(H,20,22). The fourth-order valence-corrected chi connectivity index (χ4v) is 2.17. The molecule has 4 nitrogen and oxygen atoms in total. The van der Waals surface area contributed by atoms with Gasteiger partial charge in [-0.05, 0) is 37.1 Å². The summed E-state index contributed by atoms with van der Waals surface area (Å²) < 4.78 is 5.23. The highest BCUT2D eigenvalue weighted by Crippen LogP contribution is 2.08. The normalized spacial score (nSPS) is 10.2. The lowest BCUT2D eigenvalue weighted by atomic mass is 10.1. The molecule has 0 aliphatic carbocycles. The molecule has 0 bridgehead atoms. The maximum atomic E-state index is 11.9. The smallest absolute Gasteiger partial charge is 0.307 e.